The summed E-state index contributed by atoms with van der Waals surface area (Å²) in [4.78, 5) is 11.1. The third-order valence-electron chi connectivity index (χ3n) is 1.94. The minimum Gasteiger partial charge on any atom is -0.426 e. The summed E-state index contributed by atoms with van der Waals surface area (Å²) in [6, 6.07) is 6.18. The number of benzene rings is 1. The van der Waals surface area contributed by atoms with E-state index in [4.69, 9.17) is 5.41 Å². The molecule has 0 amide bonds. The third-order valence-corrected chi connectivity index (χ3v) is 1.94. The van der Waals surface area contributed by atoms with Crippen LogP contribution in [0.5, 0.6) is 0 Å². The summed E-state index contributed by atoms with van der Waals surface area (Å²) in [7, 11) is 0. The molecule has 0 spiro atoms. The molecule has 0 saturated heterocycles. The molecule has 0 bridgehead atoms. The smallest absolute Gasteiger partial charge is 0.329 e. The average Bonchev–Trinajstić information content (AvgIpc) is 2.23. The molecule has 72 valence electrons. The first-order valence-electron chi connectivity index (χ1n) is 3.83. The highest BCUT2D eigenvalue weighted by molar-refractivity contribution is 5.74. The van der Waals surface area contributed by atoms with Crippen LogP contribution in [-0.2, 0) is 0 Å². The molecular formula is C8H7N3O3. The van der Waals surface area contributed by atoms with Gasteiger partial charge in [0.05, 0.1) is 0 Å². The van der Waals surface area contributed by atoms with Crippen molar-refractivity contribution in [2.24, 2.45) is 0 Å². The molecule has 0 fully saturated rings. The number of nitrogens with zero attached hydrogens (tertiary/aromatic N) is 2. The summed E-state index contributed by atoms with van der Waals surface area (Å²) in [5, 5.41) is 25.9. The Kier molecular flexibility index (Phi) is 1.57. The number of aromatic nitrogens is 2. The zero-order valence-electron chi connectivity index (χ0n) is 7.01. The molecule has 1 aromatic carbocycles. The Labute approximate surface area is 77.3 Å². The Hall–Kier alpha value is -2.24. The fourth-order valence-electron chi connectivity index (χ4n) is 1.24. The van der Waals surface area contributed by atoms with Crippen molar-refractivity contribution in [2.75, 3.05) is 0 Å². The molecule has 0 radical (unpaired) electrons. The van der Waals surface area contributed by atoms with Gasteiger partial charge in [-0.25, -0.2) is 0 Å². The maximum atomic E-state index is 11.1. The highest BCUT2D eigenvalue weighted by Crippen LogP contribution is 2.06. The molecule has 0 aliphatic rings. The van der Waals surface area contributed by atoms with Gasteiger partial charge in [-0.3, -0.25) is 10.2 Å². The Bertz CT molecular complexity index is 557. The Morgan fingerprint density at radius 3 is 2.14 bits per heavy atom. The zero-order valence-corrected chi connectivity index (χ0v) is 7.01. The van der Waals surface area contributed by atoms with Crippen molar-refractivity contribution >= 4 is 11.0 Å². The van der Waals surface area contributed by atoms with Gasteiger partial charge in [0.2, 0.25) is 5.49 Å². The molecule has 0 aliphatic carbocycles. The third kappa shape index (κ3) is 0.905. The van der Waals surface area contributed by atoms with E-state index in [2.05, 4.69) is 0 Å². The van der Waals surface area contributed by atoms with Gasteiger partial charge in [0.25, 0.3) is 0 Å². The quantitative estimate of drug-likeness (QED) is 0.504. The summed E-state index contributed by atoms with van der Waals surface area (Å²) in [5.74, 6) is 0. The topological polar surface area (TPSA) is 91.2 Å². The van der Waals surface area contributed by atoms with Crippen LogP contribution in [0.25, 0.3) is 11.0 Å². The van der Waals surface area contributed by atoms with Crippen LogP contribution in [0.3, 0.4) is 0 Å². The van der Waals surface area contributed by atoms with Crippen molar-refractivity contribution in [1.29, 1.82) is 5.41 Å². The van der Waals surface area contributed by atoms with Crippen molar-refractivity contribution in [3.8, 4) is 0 Å². The van der Waals surface area contributed by atoms with E-state index < -0.39 is 11.0 Å². The first-order chi connectivity index (χ1) is 6.63. The van der Waals surface area contributed by atoms with Crippen LogP contribution >= 0.6 is 0 Å². The van der Waals surface area contributed by atoms with Crippen molar-refractivity contribution < 1.29 is 10.4 Å². The second-order valence-electron chi connectivity index (χ2n) is 2.77. The molecule has 14 heavy (non-hydrogen) atoms. The zero-order chi connectivity index (χ0) is 10.3. The van der Waals surface area contributed by atoms with E-state index in [0.29, 0.717) is 9.46 Å². The fourth-order valence-corrected chi connectivity index (χ4v) is 1.24. The normalized spacial score (nSPS) is 10.6. The molecule has 2 aromatic rings. The Morgan fingerprint density at radius 2 is 1.57 bits per heavy atom. The maximum absolute atomic E-state index is 11.1. The van der Waals surface area contributed by atoms with Gasteiger partial charge in [0.1, 0.15) is 11.0 Å². The first-order valence-corrected chi connectivity index (χ1v) is 3.83. The number of fused-ring (bicyclic) bond motifs is 1. The van der Waals surface area contributed by atoms with Crippen LogP contribution in [0.1, 0.15) is 0 Å². The fraction of sp³-hybridized carbons (Fsp3) is 0. The summed E-state index contributed by atoms with van der Waals surface area (Å²) in [6.45, 7) is 0. The number of para-hydroxylation sites is 2. The van der Waals surface area contributed by atoms with Crippen LogP contribution in [-0.4, -0.2) is 19.9 Å². The van der Waals surface area contributed by atoms with Gasteiger partial charge in [-0.05, 0) is 12.1 Å². The lowest BCUT2D eigenvalue weighted by atomic mass is 10.3. The Balaban J connectivity index is 3.19. The van der Waals surface area contributed by atoms with Gasteiger partial charge in [-0.2, -0.15) is 4.73 Å². The maximum Gasteiger partial charge on any atom is 0.329 e. The lowest BCUT2D eigenvalue weighted by Gasteiger charge is -2.05. The van der Waals surface area contributed by atoms with Gasteiger partial charge >= 0.3 is 5.56 Å². The minimum atomic E-state index is -0.966. The van der Waals surface area contributed by atoms with Crippen molar-refractivity contribution in [3.05, 3.63) is 40.1 Å². The van der Waals surface area contributed by atoms with E-state index in [1.807, 2.05) is 0 Å². The molecule has 6 nitrogen and oxygen atoms in total. The van der Waals surface area contributed by atoms with Gasteiger partial charge in [-0.1, -0.05) is 12.1 Å². The molecule has 1 heterocycles. The van der Waals surface area contributed by atoms with Crippen LogP contribution < -0.4 is 11.0 Å². The molecule has 2 rings (SSSR count). The molecular weight excluding hydrogens is 186 g/mol. The van der Waals surface area contributed by atoms with E-state index in [1.54, 1.807) is 12.1 Å². The number of hydrogen-bond acceptors (Lipinski definition) is 4. The molecule has 0 atom stereocenters. The van der Waals surface area contributed by atoms with E-state index in [9.17, 15) is 15.2 Å². The van der Waals surface area contributed by atoms with E-state index >= 15 is 0 Å². The van der Waals surface area contributed by atoms with Crippen LogP contribution in [0.4, 0.5) is 0 Å². The number of rotatable bonds is 0. The predicted octanol–water partition coefficient (Wildman–Crippen LogP) is -0.243. The van der Waals surface area contributed by atoms with E-state index in [1.165, 1.54) is 12.1 Å². The highest BCUT2D eigenvalue weighted by Gasteiger charge is 2.07. The second kappa shape index (κ2) is 2.63. The number of hydrogen-bond donors (Lipinski definition) is 3. The summed E-state index contributed by atoms with van der Waals surface area (Å²) in [6.07, 6.45) is 0. The monoisotopic (exact) mass is 193 g/mol. The SMILES string of the molecule is N=c1c(=O)n(O)c2ccccc2n1O. The van der Waals surface area contributed by atoms with Crippen molar-refractivity contribution in [3.63, 3.8) is 0 Å². The summed E-state index contributed by atoms with van der Waals surface area (Å²) < 4.78 is 0.773. The van der Waals surface area contributed by atoms with Gasteiger partial charge in [-0.15, -0.1) is 4.73 Å². The molecule has 0 saturated carbocycles. The van der Waals surface area contributed by atoms with Crippen LogP contribution in [0.2, 0.25) is 0 Å². The Morgan fingerprint density at radius 1 is 1.07 bits per heavy atom. The van der Waals surface area contributed by atoms with Crippen molar-refractivity contribution in [2.45, 2.75) is 0 Å². The number of nitrogens with one attached hydrogen (secondary N) is 1. The molecule has 1 aromatic heterocycles. The molecule has 6 heteroatoms. The van der Waals surface area contributed by atoms with E-state index in [-0.39, 0.29) is 11.0 Å². The lowest BCUT2D eigenvalue weighted by molar-refractivity contribution is 0.153. The minimum absolute atomic E-state index is 0.149. The predicted molar refractivity (Wildman–Crippen MR) is 46.4 cm³/mol. The second-order valence-corrected chi connectivity index (χ2v) is 2.77. The molecule has 3 N–H and O–H groups in total. The highest BCUT2D eigenvalue weighted by atomic mass is 16.5. The van der Waals surface area contributed by atoms with Crippen molar-refractivity contribution in [1.82, 2.24) is 9.46 Å². The van der Waals surface area contributed by atoms with Crippen LogP contribution in [0, 0.1) is 5.41 Å². The lowest BCUT2D eigenvalue weighted by Crippen LogP contribution is -2.40. The largest absolute Gasteiger partial charge is 0.426 e. The molecule has 0 unspecified atom stereocenters. The summed E-state index contributed by atoms with van der Waals surface area (Å²) in [5.41, 5.74) is -1.31. The molecule has 0 aliphatic heterocycles. The summed E-state index contributed by atoms with van der Waals surface area (Å²) >= 11 is 0. The van der Waals surface area contributed by atoms with Gasteiger partial charge < -0.3 is 10.4 Å². The first kappa shape index (κ1) is 8.36. The average molecular weight is 193 g/mol. The van der Waals surface area contributed by atoms with Crippen LogP contribution in [0.15, 0.2) is 29.1 Å². The standard InChI is InChI=1S/C8H7N3O3/c9-7-8(12)11(14)6-4-2-1-3-5(6)10(7)13/h1-4,9,13-14H. The van der Waals surface area contributed by atoms with Gasteiger partial charge in [0, 0.05) is 0 Å². The van der Waals surface area contributed by atoms with E-state index in [0.717, 1.165) is 0 Å². The van der Waals surface area contributed by atoms with Gasteiger partial charge in [0.15, 0.2) is 0 Å².